The first kappa shape index (κ1) is 19.2. The molecule has 0 saturated carbocycles. The molecule has 1 N–H and O–H groups in total. The Morgan fingerprint density at radius 1 is 1.23 bits per heavy atom. The number of non-ortho nitro benzene ring substituents is 1. The van der Waals surface area contributed by atoms with Gasteiger partial charge in [-0.3, -0.25) is 14.9 Å². The fourth-order valence-electron chi connectivity index (χ4n) is 2.45. The summed E-state index contributed by atoms with van der Waals surface area (Å²) in [7, 11) is 0. The van der Waals surface area contributed by atoms with E-state index in [1.54, 1.807) is 0 Å². The van der Waals surface area contributed by atoms with Crippen LogP contribution in [0.25, 0.3) is 0 Å². The van der Waals surface area contributed by atoms with Crippen molar-refractivity contribution in [1.82, 2.24) is 5.32 Å². The van der Waals surface area contributed by atoms with Gasteiger partial charge in [-0.25, -0.2) is 0 Å². The molecule has 0 atom stereocenters. The first-order valence-corrected chi connectivity index (χ1v) is 8.22. The zero-order valence-electron chi connectivity index (χ0n) is 14.9. The van der Waals surface area contributed by atoms with Crippen molar-refractivity contribution < 1.29 is 19.6 Å². The highest BCUT2D eigenvalue weighted by Gasteiger charge is 2.11. The Kier molecular flexibility index (Phi) is 6.16. The zero-order valence-corrected chi connectivity index (χ0v) is 14.9. The van der Waals surface area contributed by atoms with Crippen molar-refractivity contribution in [2.24, 2.45) is 0 Å². The lowest BCUT2D eigenvalue weighted by Crippen LogP contribution is -2.29. The van der Waals surface area contributed by atoms with Crippen LogP contribution >= 0.6 is 0 Å². The molecule has 138 valence electrons. The Morgan fingerprint density at radius 2 is 1.96 bits per heavy atom. The van der Waals surface area contributed by atoms with Gasteiger partial charge < -0.3 is 15.2 Å². The third-order valence-electron chi connectivity index (χ3n) is 3.88. The van der Waals surface area contributed by atoms with Crippen molar-refractivity contribution >= 4 is 11.6 Å². The van der Waals surface area contributed by atoms with Crippen LogP contribution in [0, 0.1) is 17.0 Å². The maximum atomic E-state index is 12.0. The van der Waals surface area contributed by atoms with Gasteiger partial charge in [0.2, 0.25) is 0 Å². The molecule has 0 aliphatic carbocycles. The number of aryl methyl sites for hydroxylation is 1. The summed E-state index contributed by atoms with van der Waals surface area (Å²) in [4.78, 5) is 22.2. The van der Waals surface area contributed by atoms with Gasteiger partial charge in [0.05, 0.1) is 4.92 Å². The van der Waals surface area contributed by atoms with Crippen LogP contribution in [-0.2, 0) is 11.3 Å². The fourth-order valence-corrected chi connectivity index (χ4v) is 2.45. The van der Waals surface area contributed by atoms with Crippen molar-refractivity contribution in [2.45, 2.75) is 33.2 Å². The summed E-state index contributed by atoms with van der Waals surface area (Å²) >= 11 is 0. The number of nitrogens with zero attached hydrogens (tertiary/aromatic N) is 1. The van der Waals surface area contributed by atoms with Crippen LogP contribution in [0.15, 0.2) is 36.4 Å². The molecule has 0 unspecified atom stereocenters. The van der Waals surface area contributed by atoms with Gasteiger partial charge in [-0.05, 0) is 35.6 Å². The summed E-state index contributed by atoms with van der Waals surface area (Å²) in [5.41, 5.74) is 2.00. The van der Waals surface area contributed by atoms with Gasteiger partial charge in [0.25, 0.3) is 11.6 Å². The van der Waals surface area contributed by atoms with E-state index in [2.05, 4.69) is 5.32 Å². The van der Waals surface area contributed by atoms with E-state index in [-0.39, 0.29) is 36.1 Å². The van der Waals surface area contributed by atoms with E-state index in [0.717, 1.165) is 23.3 Å². The topological polar surface area (TPSA) is 105 Å². The molecule has 2 aromatic carbocycles. The van der Waals surface area contributed by atoms with Gasteiger partial charge in [-0.15, -0.1) is 5.75 Å². The molecule has 0 aliphatic rings. The Morgan fingerprint density at radius 3 is 2.62 bits per heavy atom. The highest BCUT2D eigenvalue weighted by atomic mass is 16.6. The van der Waals surface area contributed by atoms with Crippen LogP contribution in [-0.4, -0.2) is 17.4 Å². The number of carbonyl (C=O) groups excluding carboxylic acids is 1. The average Bonchev–Trinajstić information content (AvgIpc) is 2.58. The predicted molar refractivity (Wildman–Crippen MR) is 95.2 cm³/mol. The smallest absolute Gasteiger partial charge is 0.269 e. The van der Waals surface area contributed by atoms with E-state index in [1.807, 2.05) is 39.0 Å². The van der Waals surface area contributed by atoms with Gasteiger partial charge in [0.1, 0.15) is 5.75 Å². The maximum absolute atomic E-state index is 12.0. The molecular formula is C19H21N2O5-. The van der Waals surface area contributed by atoms with Crippen LogP contribution in [0.5, 0.6) is 11.5 Å². The molecule has 0 fully saturated rings. The van der Waals surface area contributed by atoms with E-state index in [1.165, 1.54) is 6.07 Å². The number of nitrogens with one attached hydrogen (secondary N) is 1. The number of hydrogen-bond acceptors (Lipinski definition) is 5. The number of benzene rings is 2. The number of rotatable bonds is 7. The Labute approximate surface area is 151 Å². The molecule has 0 bridgehead atoms. The van der Waals surface area contributed by atoms with E-state index in [4.69, 9.17) is 4.74 Å². The van der Waals surface area contributed by atoms with Crippen LogP contribution in [0.3, 0.4) is 0 Å². The standard InChI is InChI=1S/C19H22N2O5/c1-12(2)16-6-4-13(3)8-18(16)26-11-19(23)20-10-14-9-15(21(24)25)5-7-17(14)22/h4-9,12,22H,10-11H2,1-3H3,(H,20,23)/p-1. The molecule has 0 radical (unpaired) electrons. The first-order chi connectivity index (χ1) is 12.3. The zero-order chi connectivity index (χ0) is 19.3. The summed E-state index contributed by atoms with van der Waals surface area (Å²) in [6, 6.07) is 9.26. The molecule has 0 aromatic heterocycles. The van der Waals surface area contributed by atoms with Crippen molar-refractivity contribution in [3.05, 3.63) is 63.2 Å². The van der Waals surface area contributed by atoms with Gasteiger partial charge in [-0.2, -0.15) is 0 Å². The third-order valence-corrected chi connectivity index (χ3v) is 3.88. The normalized spacial score (nSPS) is 10.6. The Bertz CT molecular complexity index is 818. The van der Waals surface area contributed by atoms with Gasteiger partial charge >= 0.3 is 0 Å². The molecule has 0 spiro atoms. The lowest BCUT2D eigenvalue weighted by atomic mass is 10.0. The summed E-state index contributed by atoms with van der Waals surface area (Å²) in [6.45, 7) is 5.72. The molecular weight excluding hydrogens is 336 g/mol. The lowest BCUT2D eigenvalue weighted by Gasteiger charge is -2.16. The fraction of sp³-hybridized carbons (Fsp3) is 0.316. The molecule has 0 heterocycles. The van der Waals surface area contributed by atoms with Crippen LogP contribution < -0.4 is 15.2 Å². The van der Waals surface area contributed by atoms with Crippen LogP contribution in [0.1, 0.15) is 36.5 Å². The maximum Gasteiger partial charge on any atom is 0.269 e. The van der Waals surface area contributed by atoms with E-state index in [9.17, 15) is 20.0 Å². The minimum Gasteiger partial charge on any atom is -0.872 e. The molecule has 7 heteroatoms. The van der Waals surface area contributed by atoms with Crippen molar-refractivity contribution in [3.63, 3.8) is 0 Å². The second kappa shape index (κ2) is 8.33. The minimum absolute atomic E-state index is 0.0897. The second-order valence-corrected chi connectivity index (χ2v) is 6.31. The number of ether oxygens (including phenoxy) is 1. The quantitative estimate of drug-likeness (QED) is 0.606. The van der Waals surface area contributed by atoms with Crippen LogP contribution in [0.2, 0.25) is 0 Å². The van der Waals surface area contributed by atoms with E-state index < -0.39 is 10.8 Å². The molecule has 26 heavy (non-hydrogen) atoms. The van der Waals surface area contributed by atoms with E-state index in [0.29, 0.717) is 5.75 Å². The van der Waals surface area contributed by atoms with Crippen molar-refractivity contribution in [1.29, 1.82) is 0 Å². The average molecular weight is 357 g/mol. The second-order valence-electron chi connectivity index (χ2n) is 6.31. The molecule has 7 nitrogen and oxygen atoms in total. The van der Waals surface area contributed by atoms with Gasteiger partial charge in [0, 0.05) is 18.7 Å². The Balaban J connectivity index is 1.97. The Hall–Kier alpha value is -3.09. The largest absolute Gasteiger partial charge is 0.872 e. The number of amides is 1. The number of nitro groups is 1. The first-order valence-electron chi connectivity index (χ1n) is 8.22. The third kappa shape index (κ3) is 4.95. The molecule has 0 aliphatic heterocycles. The number of nitro benzene ring substituents is 1. The molecule has 2 aromatic rings. The summed E-state index contributed by atoms with van der Waals surface area (Å²) in [6.07, 6.45) is 0. The molecule has 0 saturated heterocycles. The lowest BCUT2D eigenvalue weighted by molar-refractivity contribution is -0.385. The molecule has 1 amide bonds. The summed E-state index contributed by atoms with van der Waals surface area (Å²) in [5, 5.41) is 25.1. The summed E-state index contributed by atoms with van der Waals surface area (Å²) < 4.78 is 5.62. The van der Waals surface area contributed by atoms with Gasteiger partial charge in [0.15, 0.2) is 6.61 Å². The van der Waals surface area contributed by atoms with Crippen molar-refractivity contribution in [2.75, 3.05) is 6.61 Å². The minimum atomic E-state index is -0.584. The van der Waals surface area contributed by atoms with Gasteiger partial charge in [-0.1, -0.05) is 32.0 Å². The SMILES string of the molecule is Cc1ccc(C(C)C)c(OCC(=O)NCc2cc([N+](=O)[O-])ccc2[O-])c1. The van der Waals surface area contributed by atoms with Crippen molar-refractivity contribution in [3.8, 4) is 11.5 Å². The predicted octanol–water partition coefficient (Wildman–Crippen LogP) is 2.80. The highest BCUT2D eigenvalue weighted by Crippen LogP contribution is 2.27. The van der Waals surface area contributed by atoms with Crippen LogP contribution in [0.4, 0.5) is 5.69 Å². The monoisotopic (exact) mass is 357 g/mol. The van der Waals surface area contributed by atoms with E-state index >= 15 is 0 Å². The number of hydrogen-bond donors (Lipinski definition) is 1. The summed E-state index contributed by atoms with van der Waals surface area (Å²) in [5.74, 6) is 0.126. The number of carbonyl (C=O) groups is 1. The molecule has 2 rings (SSSR count). The highest BCUT2D eigenvalue weighted by molar-refractivity contribution is 5.77.